The maximum absolute atomic E-state index is 12.8. The van der Waals surface area contributed by atoms with Gasteiger partial charge in [0.1, 0.15) is 0 Å². The van der Waals surface area contributed by atoms with E-state index in [0.717, 1.165) is 0 Å². The van der Waals surface area contributed by atoms with E-state index in [1.807, 2.05) is 13.8 Å². The Kier molecular flexibility index (Phi) is 6.56. The first-order chi connectivity index (χ1) is 13.1. The van der Waals surface area contributed by atoms with E-state index >= 15 is 0 Å². The zero-order valence-electron chi connectivity index (χ0n) is 16.3. The smallest absolute Gasteiger partial charge is 0.336 e. The molecule has 28 heavy (non-hydrogen) atoms. The normalized spacial score (nSPS) is 16.8. The fraction of sp³-hybridized carbons (Fsp3) is 0.400. The lowest BCUT2D eigenvalue weighted by molar-refractivity contribution is -0.385. The van der Waals surface area contributed by atoms with E-state index in [1.165, 1.54) is 18.2 Å². The van der Waals surface area contributed by atoms with Crippen molar-refractivity contribution in [1.82, 2.24) is 5.32 Å². The number of esters is 1. The predicted octanol–water partition coefficient (Wildman–Crippen LogP) is 3.50. The minimum absolute atomic E-state index is 0.0704. The molecule has 0 spiro atoms. The fourth-order valence-electron chi connectivity index (χ4n) is 3.22. The minimum atomic E-state index is -1.26. The highest BCUT2D eigenvalue weighted by molar-refractivity contribution is 5.99. The average Bonchev–Trinajstić information content (AvgIpc) is 2.60. The Hall–Kier alpha value is -3.16. The number of carboxylic acids is 1. The molecule has 150 valence electrons. The molecule has 1 aromatic carbocycles. The molecule has 8 heteroatoms. The van der Waals surface area contributed by atoms with Gasteiger partial charge >= 0.3 is 11.9 Å². The zero-order chi connectivity index (χ0) is 21.0. The van der Waals surface area contributed by atoms with Gasteiger partial charge in [0, 0.05) is 23.0 Å². The molecule has 2 N–H and O–H groups in total. The second-order valence-corrected chi connectivity index (χ2v) is 7.07. The first kappa shape index (κ1) is 21.1. The van der Waals surface area contributed by atoms with Crippen LogP contribution in [0.15, 0.2) is 46.8 Å². The van der Waals surface area contributed by atoms with E-state index in [9.17, 15) is 24.8 Å². The Balaban J connectivity index is 2.59. The van der Waals surface area contributed by atoms with Gasteiger partial charge in [-0.2, -0.15) is 0 Å². The number of nitro groups is 1. The van der Waals surface area contributed by atoms with Crippen LogP contribution in [0.25, 0.3) is 0 Å². The third kappa shape index (κ3) is 4.39. The molecule has 0 saturated heterocycles. The number of dihydropyridines is 1. The summed E-state index contributed by atoms with van der Waals surface area (Å²) < 4.78 is 5.36. The zero-order valence-corrected chi connectivity index (χ0v) is 16.3. The molecule has 0 fully saturated rings. The van der Waals surface area contributed by atoms with E-state index in [0.29, 0.717) is 23.7 Å². The van der Waals surface area contributed by atoms with Crippen molar-refractivity contribution in [3.63, 3.8) is 0 Å². The average molecular weight is 388 g/mol. The number of carbonyl (C=O) groups excluding carboxylic acids is 1. The Bertz CT molecular complexity index is 869. The lowest BCUT2D eigenvalue weighted by atomic mass is 9.79. The quantitative estimate of drug-likeness (QED) is 0.417. The number of rotatable bonds is 7. The van der Waals surface area contributed by atoms with E-state index in [1.54, 1.807) is 19.9 Å². The second kappa shape index (κ2) is 8.69. The van der Waals surface area contributed by atoms with Gasteiger partial charge in [0.05, 0.1) is 28.6 Å². The van der Waals surface area contributed by atoms with Crippen LogP contribution in [0.4, 0.5) is 5.69 Å². The number of carbonyl (C=O) groups is 2. The highest BCUT2D eigenvalue weighted by Gasteiger charge is 2.40. The van der Waals surface area contributed by atoms with Crippen molar-refractivity contribution in [2.24, 2.45) is 5.92 Å². The summed E-state index contributed by atoms with van der Waals surface area (Å²) in [6, 6.07) is 5.84. The summed E-state index contributed by atoms with van der Waals surface area (Å²) in [5, 5.41) is 24.2. The van der Waals surface area contributed by atoms with Crippen molar-refractivity contribution in [3.05, 3.63) is 62.5 Å². The van der Waals surface area contributed by atoms with Gasteiger partial charge in [0.15, 0.2) is 0 Å². The summed E-state index contributed by atoms with van der Waals surface area (Å²) in [5.41, 5.74) is 0.589. The first-order valence-corrected chi connectivity index (χ1v) is 8.97. The molecule has 0 aromatic heterocycles. The summed E-state index contributed by atoms with van der Waals surface area (Å²) in [5.74, 6) is -2.71. The second-order valence-electron chi connectivity index (χ2n) is 7.07. The van der Waals surface area contributed by atoms with Gasteiger partial charge in [-0.1, -0.05) is 32.0 Å². The number of hydrogen-bond acceptors (Lipinski definition) is 6. The summed E-state index contributed by atoms with van der Waals surface area (Å²) in [6.07, 6.45) is 0.655. The minimum Gasteiger partial charge on any atom is -0.478 e. The van der Waals surface area contributed by atoms with Crippen molar-refractivity contribution in [2.45, 2.75) is 40.0 Å². The molecule has 0 aliphatic carbocycles. The maximum Gasteiger partial charge on any atom is 0.336 e. The third-order valence-electron chi connectivity index (χ3n) is 4.58. The molecule has 0 bridgehead atoms. The van der Waals surface area contributed by atoms with Gasteiger partial charge in [-0.15, -0.1) is 0 Å². The van der Waals surface area contributed by atoms with E-state index < -0.39 is 22.8 Å². The summed E-state index contributed by atoms with van der Waals surface area (Å²) >= 11 is 0. The van der Waals surface area contributed by atoms with Gasteiger partial charge < -0.3 is 15.2 Å². The van der Waals surface area contributed by atoms with Crippen LogP contribution in [-0.4, -0.2) is 28.6 Å². The van der Waals surface area contributed by atoms with Gasteiger partial charge in [-0.3, -0.25) is 10.1 Å². The van der Waals surface area contributed by atoms with Gasteiger partial charge in [0.2, 0.25) is 0 Å². The Morgan fingerprint density at radius 1 is 1.21 bits per heavy atom. The topological polar surface area (TPSA) is 119 Å². The number of carboxylic acid groups (broad SMARTS) is 1. The number of nitrogens with one attached hydrogen (secondary N) is 1. The van der Waals surface area contributed by atoms with Crippen molar-refractivity contribution in [1.29, 1.82) is 0 Å². The summed E-state index contributed by atoms with van der Waals surface area (Å²) in [4.78, 5) is 35.7. The molecule has 0 amide bonds. The van der Waals surface area contributed by atoms with E-state index in [-0.39, 0.29) is 29.0 Å². The summed E-state index contributed by atoms with van der Waals surface area (Å²) in [7, 11) is 0. The highest BCUT2D eigenvalue weighted by atomic mass is 16.6. The van der Waals surface area contributed by atoms with Crippen LogP contribution in [0.5, 0.6) is 0 Å². The van der Waals surface area contributed by atoms with Gasteiger partial charge in [-0.05, 0) is 26.2 Å². The van der Waals surface area contributed by atoms with Crippen molar-refractivity contribution in [2.75, 3.05) is 6.61 Å². The van der Waals surface area contributed by atoms with Gasteiger partial charge in [-0.25, -0.2) is 9.59 Å². The van der Waals surface area contributed by atoms with E-state index in [2.05, 4.69) is 5.32 Å². The number of nitro benzene ring substituents is 1. The molecule has 0 radical (unpaired) electrons. The monoisotopic (exact) mass is 388 g/mol. The van der Waals surface area contributed by atoms with Crippen LogP contribution in [0.1, 0.15) is 45.6 Å². The molecular weight excluding hydrogens is 364 g/mol. The molecule has 0 saturated carbocycles. The number of allylic oxidation sites excluding steroid dienone is 2. The van der Waals surface area contributed by atoms with Crippen LogP contribution in [0.3, 0.4) is 0 Å². The van der Waals surface area contributed by atoms with Crippen LogP contribution in [-0.2, 0) is 14.3 Å². The van der Waals surface area contributed by atoms with Crippen LogP contribution >= 0.6 is 0 Å². The molecule has 2 rings (SSSR count). The molecule has 1 aromatic rings. The number of para-hydroxylation sites is 1. The predicted molar refractivity (Wildman–Crippen MR) is 102 cm³/mol. The van der Waals surface area contributed by atoms with Crippen LogP contribution < -0.4 is 5.32 Å². The van der Waals surface area contributed by atoms with Crippen molar-refractivity contribution < 1.29 is 24.4 Å². The fourth-order valence-corrected chi connectivity index (χ4v) is 3.22. The maximum atomic E-state index is 12.8. The molecule has 1 heterocycles. The van der Waals surface area contributed by atoms with Crippen LogP contribution in [0.2, 0.25) is 0 Å². The van der Waals surface area contributed by atoms with Gasteiger partial charge in [0.25, 0.3) is 5.69 Å². The molecule has 1 aliphatic heterocycles. The molecule has 8 nitrogen and oxygen atoms in total. The Morgan fingerprint density at radius 2 is 1.82 bits per heavy atom. The number of hydrogen-bond donors (Lipinski definition) is 2. The largest absolute Gasteiger partial charge is 0.478 e. The van der Waals surface area contributed by atoms with E-state index in [4.69, 9.17) is 4.74 Å². The number of aliphatic carboxylic acids is 1. The third-order valence-corrected chi connectivity index (χ3v) is 4.58. The molecule has 1 unspecified atom stereocenters. The highest BCUT2D eigenvalue weighted by Crippen LogP contribution is 2.42. The van der Waals surface area contributed by atoms with Crippen molar-refractivity contribution in [3.8, 4) is 0 Å². The van der Waals surface area contributed by atoms with Crippen LogP contribution in [0, 0.1) is 16.0 Å². The Labute approximate surface area is 163 Å². The lowest BCUT2D eigenvalue weighted by Gasteiger charge is -2.29. The lowest BCUT2D eigenvalue weighted by Crippen LogP contribution is -2.32. The SMILES string of the molecule is CC1=C(C(=O)O)C(c2ccccc2[N+](=O)[O-])C(C(=O)OCCC(C)C)=C(C)N1. The molecule has 1 atom stereocenters. The first-order valence-electron chi connectivity index (χ1n) is 8.97. The number of benzene rings is 1. The summed E-state index contributed by atoms with van der Waals surface area (Å²) in [6.45, 7) is 7.36. The number of ether oxygens (including phenoxy) is 1. The number of nitrogens with zero attached hydrogens (tertiary/aromatic N) is 1. The standard InChI is InChI=1S/C20H24N2O6/c1-11(2)9-10-28-20(25)17-13(4)21-12(3)16(19(23)24)18(17)14-7-5-6-8-15(14)22(26)27/h5-8,11,18,21H,9-10H2,1-4H3,(H,23,24). The Morgan fingerprint density at radius 3 is 2.39 bits per heavy atom. The van der Waals surface area contributed by atoms with Crippen molar-refractivity contribution >= 4 is 17.6 Å². The molecule has 1 aliphatic rings. The molecular formula is C20H24N2O6.